The minimum Gasteiger partial charge on any atom is -0.421 e. The van der Waals surface area contributed by atoms with Gasteiger partial charge >= 0.3 is 17.0 Å². The highest BCUT2D eigenvalue weighted by Crippen LogP contribution is 2.11. The van der Waals surface area contributed by atoms with Crippen LogP contribution in [0, 0.1) is 0 Å². The fraction of sp³-hybridized carbons (Fsp3) is 0. The van der Waals surface area contributed by atoms with Crippen LogP contribution in [0.15, 0.2) is 0 Å². The molecule has 0 heterocycles. The third kappa shape index (κ3) is 4.52. The summed E-state index contributed by atoms with van der Waals surface area (Å²) in [5.74, 6) is 0. The van der Waals surface area contributed by atoms with E-state index in [0.717, 1.165) is 8.05 Å². The highest BCUT2D eigenvalue weighted by atomic mass is 31.1. The number of hydrogen-bond acceptors (Lipinski definition) is 6. The second kappa shape index (κ2) is 3.26. The molecule has 0 amide bonds. The van der Waals surface area contributed by atoms with E-state index in [1.54, 1.807) is 0 Å². The SMILES string of the molecule is BO[Si](O)(O)OP(=O)=O. The summed E-state index contributed by atoms with van der Waals surface area (Å²) in [6, 6.07) is 0. The summed E-state index contributed by atoms with van der Waals surface area (Å²) in [5.41, 5.74) is 0. The molecule has 0 spiro atoms. The van der Waals surface area contributed by atoms with Crippen LogP contribution in [0.4, 0.5) is 0 Å². The second-order valence-electron chi connectivity index (χ2n) is 1.07. The fourth-order valence-corrected chi connectivity index (χ4v) is 1.21. The lowest BCUT2D eigenvalue weighted by Gasteiger charge is -2.07. The Morgan fingerprint density at radius 1 is 1.44 bits per heavy atom. The van der Waals surface area contributed by atoms with Gasteiger partial charge in [-0.05, 0) is 0 Å². The highest BCUT2D eigenvalue weighted by Gasteiger charge is 2.36. The van der Waals surface area contributed by atoms with Crippen molar-refractivity contribution >= 4 is 25.0 Å². The van der Waals surface area contributed by atoms with Crippen molar-refractivity contribution < 1.29 is 27.3 Å². The maximum Gasteiger partial charge on any atom is 0.670 e. The quantitative estimate of drug-likeness (QED) is 0.378. The van der Waals surface area contributed by atoms with Crippen molar-refractivity contribution in [2.75, 3.05) is 0 Å². The van der Waals surface area contributed by atoms with Crippen LogP contribution < -0.4 is 0 Å². The van der Waals surface area contributed by atoms with Crippen LogP contribution in [-0.2, 0) is 17.7 Å². The predicted octanol–water partition coefficient (Wildman–Crippen LogP) is -1.92. The van der Waals surface area contributed by atoms with Gasteiger partial charge in [0.05, 0.1) is 0 Å². The molecule has 0 aliphatic heterocycles. The molecule has 0 aromatic rings. The standard InChI is InChI=1S/BH4O6PSi/c1-6-9(4,5)7-8(2)3/h4-5H,1H2. The van der Waals surface area contributed by atoms with E-state index in [1.807, 2.05) is 0 Å². The van der Waals surface area contributed by atoms with Gasteiger partial charge in [-0.1, -0.05) is 0 Å². The Bertz CT molecular complexity index is 141. The summed E-state index contributed by atoms with van der Waals surface area (Å²) < 4.78 is 26.7. The molecule has 0 radical (unpaired) electrons. The molecule has 0 aliphatic carbocycles. The van der Waals surface area contributed by atoms with Gasteiger partial charge in [-0.2, -0.15) is 0 Å². The molecule has 52 valence electrons. The molecule has 0 saturated carbocycles. The number of hydrogen-bond donors (Lipinski definition) is 2. The zero-order valence-corrected chi connectivity index (χ0v) is 6.37. The maximum absolute atomic E-state index is 9.62. The van der Waals surface area contributed by atoms with Gasteiger partial charge in [0.2, 0.25) is 0 Å². The van der Waals surface area contributed by atoms with Gasteiger partial charge in [0.25, 0.3) is 8.05 Å². The van der Waals surface area contributed by atoms with Gasteiger partial charge in [0.1, 0.15) is 0 Å². The van der Waals surface area contributed by atoms with Gasteiger partial charge in [-0.15, -0.1) is 0 Å². The zero-order valence-electron chi connectivity index (χ0n) is 4.47. The largest absolute Gasteiger partial charge is 0.670 e. The highest BCUT2D eigenvalue weighted by molar-refractivity contribution is 7.27. The summed E-state index contributed by atoms with van der Waals surface area (Å²) in [6.07, 6.45) is 0. The maximum atomic E-state index is 9.62. The van der Waals surface area contributed by atoms with Crippen molar-refractivity contribution in [2.24, 2.45) is 0 Å². The van der Waals surface area contributed by atoms with E-state index < -0.39 is 17.0 Å². The van der Waals surface area contributed by atoms with Crippen molar-refractivity contribution in [2.45, 2.75) is 0 Å². The van der Waals surface area contributed by atoms with Crippen LogP contribution in [0.5, 0.6) is 0 Å². The molecule has 9 heteroatoms. The van der Waals surface area contributed by atoms with Crippen molar-refractivity contribution in [1.82, 2.24) is 0 Å². The topological polar surface area (TPSA) is 93.1 Å². The first-order valence-electron chi connectivity index (χ1n) is 1.81. The summed E-state index contributed by atoms with van der Waals surface area (Å²) >= 11 is 0. The third-order valence-electron chi connectivity index (χ3n) is 0.459. The first-order valence-corrected chi connectivity index (χ1v) is 4.62. The Balaban J connectivity index is 3.86. The fourth-order valence-electron chi connectivity index (χ4n) is 0.134. The third-order valence-corrected chi connectivity index (χ3v) is 2.54. The van der Waals surface area contributed by atoms with E-state index in [-0.39, 0.29) is 0 Å². The first-order chi connectivity index (χ1) is 3.98. The molecule has 9 heavy (non-hydrogen) atoms. The molecule has 6 nitrogen and oxygen atoms in total. The smallest absolute Gasteiger partial charge is 0.421 e. The average molecular weight is 170 g/mol. The minimum atomic E-state index is -4.34. The summed E-state index contributed by atoms with van der Waals surface area (Å²) in [6.45, 7) is 0. The van der Waals surface area contributed by atoms with E-state index in [4.69, 9.17) is 9.59 Å². The molecule has 2 N–H and O–H groups in total. The van der Waals surface area contributed by atoms with Crippen molar-refractivity contribution in [1.29, 1.82) is 0 Å². The lowest BCUT2D eigenvalue weighted by molar-refractivity contribution is 0.147. The Kier molecular flexibility index (Phi) is 3.26. The molecule has 0 fully saturated rings. The van der Waals surface area contributed by atoms with E-state index in [2.05, 4.69) is 8.56 Å². The van der Waals surface area contributed by atoms with E-state index >= 15 is 0 Å². The van der Waals surface area contributed by atoms with Crippen LogP contribution in [-0.4, -0.2) is 26.7 Å². The monoisotopic (exact) mass is 170 g/mol. The zero-order chi connectivity index (χ0) is 7.49. The molecule has 0 atom stereocenters. The van der Waals surface area contributed by atoms with E-state index in [9.17, 15) is 9.13 Å². The molecule has 0 aliphatic rings. The first kappa shape index (κ1) is 9.02. The van der Waals surface area contributed by atoms with Crippen molar-refractivity contribution in [3.63, 3.8) is 0 Å². The van der Waals surface area contributed by atoms with Gasteiger partial charge in [-0.25, -0.2) is 13.3 Å². The van der Waals surface area contributed by atoms with Crippen molar-refractivity contribution in [3.8, 4) is 0 Å². The average Bonchev–Trinajstić information content (AvgIpc) is 1.63. The molecule has 0 aromatic heterocycles. The Hall–Kier alpha value is 0.0218. The Morgan fingerprint density at radius 3 is 2.00 bits per heavy atom. The molecule has 0 rings (SSSR count). The molecular formula is H4BO6PSi. The Labute approximate surface area is 53.2 Å². The summed E-state index contributed by atoms with van der Waals surface area (Å²) in [7, 11) is -6.66. The molecule has 0 bridgehead atoms. The van der Waals surface area contributed by atoms with E-state index in [0.29, 0.717) is 0 Å². The van der Waals surface area contributed by atoms with Gasteiger partial charge in [-0.3, -0.25) is 0 Å². The second-order valence-corrected chi connectivity index (χ2v) is 3.75. The van der Waals surface area contributed by atoms with Crippen LogP contribution in [0.3, 0.4) is 0 Å². The molecule has 0 saturated heterocycles. The van der Waals surface area contributed by atoms with Crippen LogP contribution >= 0.6 is 7.91 Å². The lowest BCUT2D eigenvalue weighted by atomic mass is 10.6. The van der Waals surface area contributed by atoms with Crippen molar-refractivity contribution in [3.05, 3.63) is 0 Å². The van der Waals surface area contributed by atoms with Crippen LogP contribution in [0.25, 0.3) is 0 Å². The van der Waals surface area contributed by atoms with E-state index in [1.165, 1.54) is 0 Å². The molecular weight excluding hydrogens is 166 g/mol. The summed E-state index contributed by atoms with van der Waals surface area (Å²) in [5, 5.41) is 0. The normalized spacial score (nSPS) is 11.3. The summed E-state index contributed by atoms with van der Waals surface area (Å²) in [4.78, 5) is 16.7. The molecule has 0 unspecified atom stereocenters. The molecule has 0 aromatic carbocycles. The van der Waals surface area contributed by atoms with Crippen LogP contribution in [0.2, 0.25) is 0 Å². The Morgan fingerprint density at radius 2 is 1.89 bits per heavy atom. The predicted molar refractivity (Wildman–Crippen MR) is 29.2 cm³/mol. The van der Waals surface area contributed by atoms with Gasteiger partial charge in [0.15, 0.2) is 0 Å². The number of rotatable bonds is 3. The minimum absolute atomic E-state index is 0.936. The van der Waals surface area contributed by atoms with Crippen LogP contribution in [0.1, 0.15) is 0 Å². The van der Waals surface area contributed by atoms with Gasteiger partial charge in [0, 0.05) is 0 Å². The lowest BCUT2D eigenvalue weighted by Crippen LogP contribution is -2.39. The van der Waals surface area contributed by atoms with Gasteiger partial charge < -0.3 is 13.9 Å².